The molecule has 8 nitrogen and oxygen atoms in total. The van der Waals surface area contributed by atoms with E-state index in [1.54, 1.807) is 23.8 Å². The summed E-state index contributed by atoms with van der Waals surface area (Å²) in [6, 6.07) is 3.55. The van der Waals surface area contributed by atoms with Gasteiger partial charge in [0.25, 0.3) is 0 Å². The van der Waals surface area contributed by atoms with Crippen molar-refractivity contribution < 1.29 is 14.3 Å². The van der Waals surface area contributed by atoms with Crippen molar-refractivity contribution in [2.45, 2.75) is 32.8 Å². The van der Waals surface area contributed by atoms with Gasteiger partial charge >= 0.3 is 0 Å². The van der Waals surface area contributed by atoms with Gasteiger partial charge in [0.1, 0.15) is 0 Å². The summed E-state index contributed by atoms with van der Waals surface area (Å²) in [4.78, 5) is 11.7. The molecule has 0 bridgehead atoms. The van der Waals surface area contributed by atoms with Gasteiger partial charge in [-0.15, -0.1) is 15.3 Å². The fourth-order valence-electron chi connectivity index (χ4n) is 1.88. The Morgan fingerprint density at radius 1 is 1.36 bits per heavy atom. The van der Waals surface area contributed by atoms with Crippen molar-refractivity contribution in [2.75, 3.05) is 20.3 Å². The molecule has 0 spiro atoms. The van der Waals surface area contributed by atoms with Crippen LogP contribution in [0.2, 0.25) is 0 Å². The highest BCUT2D eigenvalue weighted by Crippen LogP contribution is 2.11. The van der Waals surface area contributed by atoms with Gasteiger partial charge in [-0.05, 0) is 19.9 Å². The summed E-state index contributed by atoms with van der Waals surface area (Å²) in [6.07, 6.45) is 0.816. The molecule has 0 aromatic carbocycles. The van der Waals surface area contributed by atoms with Gasteiger partial charge in [-0.1, -0.05) is 0 Å². The first-order chi connectivity index (χ1) is 10.6. The normalized spacial score (nSPS) is 11.1. The zero-order chi connectivity index (χ0) is 15.9. The largest absolute Gasteiger partial charge is 0.474 e. The summed E-state index contributed by atoms with van der Waals surface area (Å²) in [5, 5.41) is 15.2. The van der Waals surface area contributed by atoms with E-state index in [1.807, 2.05) is 13.8 Å². The van der Waals surface area contributed by atoms with Crippen LogP contribution in [0.1, 0.15) is 26.1 Å². The summed E-state index contributed by atoms with van der Waals surface area (Å²) in [5.41, 5.74) is 0.630. The molecule has 2 rings (SSSR count). The molecule has 0 atom stereocenters. The van der Waals surface area contributed by atoms with Gasteiger partial charge in [-0.25, -0.2) is 0 Å². The van der Waals surface area contributed by atoms with Crippen LogP contribution in [-0.2, 0) is 16.0 Å². The molecule has 22 heavy (non-hydrogen) atoms. The first-order valence-corrected chi connectivity index (χ1v) is 7.23. The lowest BCUT2D eigenvalue weighted by Gasteiger charge is -2.08. The van der Waals surface area contributed by atoms with E-state index < -0.39 is 0 Å². The Kier molecular flexibility index (Phi) is 5.65. The SMILES string of the molecule is COCCNC(=O)CCc1nnc2ccc(OC(C)C)nn12. The molecule has 0 aliphatic heterocycles. The monoisotopic (exact) mass is 307 g/mol. The quantitative estimate of drug-likeness (QED) is 0.718. The minimum atomic E-state index is -0.0524. The van der Waals surface area contributed by atoms with Crippen LogP contribution in [-0.4, -0.2) is 52.1 Å². The number of methoxy groups -OCH3 is 1. The third-order valence-corrected chi connectivity index (χ3v) is 2.86. The van der Waals surface area contributed by atoms with E-state index in [4.69, 9.17) is 9.47 Å². The second-order valence-corrected chi connectivity index (χ2v) is 5.07. The molecule has 0 unspecified atom stereocenters. The Morgan fingerprint density at radius 3 is 2.91 bits per heavy atom. The molecular formula is C14H21N5O3. The summed E-state index contributed by atoms with van der Waals surface area (Å²) >= 11 is 0. The van der Waals surface area contributed by atoms with Gasteiger partial charge in [0.05, 0.1) is 12.7 Å². The number of hydrogen-bond donors (Lipinski definition) is 1. The van der Waals surface area contributed by atoms with Crippen LogP contribution >= 0.6 is 0 Å². The van der Waals surface area contributed by atoms with Crippen LogP contribution in [0.25, 0.3) is 5.65 Å². The molecule has 1 amide bonds. The van der Waals surface area contributed by atoms with Gasteiger partial charge in [0.2, 0.25) is 11.8 Å². The lowest BCUT2D eigenvalue weighted by molar-refractivity contribution is -0.121. The predicted octanol–water partition coefficient (Wildman–Crippen LogP) is 0.607. The Labute approximate surface area is 128 Å². The molecule has 2 aromatic heterocycles. The molecule has 8 heteroatoms. The molecule has 0 aliphatic carbocycles. The summed E-state index contributed by atoms with van der Waals surface area (Å²) in [6.45, 7) is 4.87. The van der Waals surface area contributed by atoms with Crippen LogP contribution in [0, 0.1) is 0 Å². The smallest absolute Gasteiger partial charge is 0.232 e. The van der Waals surface area contributed by atoms with Crippen molar-refractivity contribution in [3.05, 3.63) is 18.0 Å². The van der Waals surface area contributed by atoms with E-state index in [9.17, 15) is 4.79 Å². The number of aromatic nitrogens is 4. The number of carbonyl (C=O) groups excluding carboxylic acids is 1. The van der Waals surface area contributed by atoms with Crippen molar-refractivity contribution in [2.24, 2.45) is 0 Å². The minimum absolute atomic E-state index is 0.0384. The molecule has 0 saturated carbocycles. The van der Waals surface area contributed by atoms with Gasteiger partial charge < -0.3 is 14.8 Å². The van der Waals surface area contributed by atoms with E-state index in [2.05, 4.69) is 20.6 Å². The molecule has 2 aromatic rings. The fraction of sp³-hybridized carbons (Fsp3) is 0.571. The highest BCUT2D eigenvalue weighted by molar-refractivity contribution is 5.76. The molecule has 120 valence electrons. The van der Waals surface area contributed by atoms with Crippen molar-refractivity contribution in [3.8, 4) is 5.88 Å². The molecule has 1 N–H and O–H groups in total. The first-order valence-electron chi connectivity index (χ1n) is 7.23. The number of hydrogen-bond acceptors (Lipinski definition) is 6. The van der Waals surface area contributed by atoms with E-state index in [1.165, 1.54) is 0 Å². The molecule has 0 fully saturated rings. The molecule has 0 saturated heterocycles. The number of amides is 1. The highest BCUT2D eigenvalue weighted by atomic mass is 16.5. The van der Waals surface area contributed by atoms with Crippen LogP contribution in [0.15, 0.2) is 12.1 Å². The first kappa shape index (κ1) is 16.2. The van der Waals surface area contributed by atoms with Gasteiger partial charge in [-0.2, -0.15) is 4.52 Å². The Balaban J connectivity index is 2.00. The van der Waals surface area contributed by atoms with Gasteiger partial charge in [0.15, 0.2) is 11.5 Å². The summed E-state index contributed by atoms with van der Waals surface area (Å²) in [5.74, 6) is 1.09. The van der Waals surface area contributed by atoms with Crippen LogP contribution in [0.3, 0.4) is 0 Å². The summed E-state index contributed by atoms with van der Waals surface area (Å²) in [7, 11) is 1.59. The Hall–Kier alpha value is -2.22. The number of nitrogens with zero attached hydrogens (tertiary/aromatic N) is 4. The zero-order valence-corrected chi connectivity index (χ0v) is 13.1. The van der Waals surface area contributed by atoms with Crippen LogP contribution in [0.5, 0.6) is 5.88 Å². The standard InChI is InChI=1S/C14H21N5O3/c1-10(2)22-14-7-5-12-17-16-11(19(12)18-14)4-6-13(20)15-8-9-21-3/h5,7,10H,4,6,8-9H2,1-3H3,(H,15,20). The van der Waals surface area contributed by atoms with Crippen LogP contribution < -0.4 is 10.1 Å². The van der Waals surface area contributed by atoms with Crippen molar-refractivity contribution >= 4 is 11.6 Å². The van der Waals surface area contributed by atoms with Crippen molar-refractivity contribution in [1.82, 2.24) is 25.1 Å². The maximum absolute atomic E-state index is 11.7. The van der Waals surface area contributed by atoms with Crippen molar-refractivity contribution in [3.63, 3.8) is 0 Å². The third-order valence-electron chi connectivity index (χ3n) is 2.86. The van der Waals surface area contributed by atoms with Gasteiger partial charge in [0, 0.05) is 32.6 Å². The van der Waals surface area contributed by atoms with E-state index >= 15 is 0 Å². The lowest BCUT2D eigenvalue weighted by Crippen LogP contribution is -2.27. The molecular weight excluding hydrogens is 286 g/mol. The number of fused-ring (bicyclic) bond motifs is 1. The summed E-state index contributed by atoms with van der Waals surface area (Å²) < 4.78 is 12.0. The maximum Gasteiger partial charge on any atom is 0.232 e. The van der Waals surface area contributed by atoms with E-state index in [0.717, 1.165) is 0 Å². The van der Waals surface area contributed by atoms with E-state index in [-0.39, 0.29) is 12.0 Å². The molecule has 2 heterocycles. The number of carbonyl (C=O) groups is 1. The minimum Gasteiger partial charge on any atom is -0.474 e. The number of aryl methyl sites for hydroxylation is 1. The fourth-order valence-corrected chi connectivity index (χ4v) is 1.88. The predicted molar refractivity (Wildman–Crippen MR) is 79.8 cm³/mol. The average Bonchev–Trinajstić information content (AvgIpc) is 2.87. The number of ether oxygens (including phenoxy) is 2. The average molecular weight is 307 g/mol. The lowest BCUT2D eigenvalue weighted by atomic mass is 10.3. The number of rotatable bonds is 8. The van der Waals surface area contributed by atoms with Crippen molar-refractivity contribution in [1.29, 1.82) is 0 Å². The number of nitrogens with one attached hydrogen (secondary N) is 1. The maximum atomic E-state index is 11.7. The topological polar surface area (TPSA) is 90.6 Å². The zero-order valence-electron chi connectivity index (χ0n) is 13.1. The molecule has 0 aliphatic rings. The second-order valence-electron chi connectivity index (χ2n) is 5.07. The Morgan fingerprint density at radius 2 is 2.18 bits per heavy atom. The Bertz CT molecular complexity index is 626. The third kappa shape index (κ3) is 4.39. The van der Waals surface area contributed by atoms with E-state index in [0.29, 0.717) is 43.3 Å². The second kappa shape index (κ2) is 7.69. The van der Waals surface area contributed by atoms with Crippen LogP contribution in [0.4, 0.5) is 0 Å². The highest BCUT2D eigenvalue weighted by Gasteiger charge is 2.11. The van der Waals surface area contributed by atoms with Gasteiger partial charge in [-0.3, -0.25) is 4.79 Å². The molecule has 0 radical (unpaired) electrons.